The van der Waals surface area contributed by atoms with Crippen LogP contribution in [0.5, 0.6) is 0 Å². The minimum Gasteiger partial charge on any atom is -0.375 e. The van der Waals surface area contributed by atoms with Crippen LogP contribution >= 0.6 is 11.6 Å². The second-order valence-electron chi connectivity index (χ2n) is 6.46. The number of ether oxygens (including phenoxy) is 1. The van der Waals surface area contributed by atoms with Gasteiger partial charge in [0.15, 0.2) is 0 Å². The van der Waals surface area contributed by atoms with Crippen molar-refractivity contribution < 1.29 is 4.74 Å². The number of alkyl halides is 1. The van der Waals surface area contributed by atoms with E-state index in [9.17, 15) is 0 Å². The molecule has 2 aliphatic carbocycles. The van der Waals surface area contributed by atoms with E-state index in [0.29, 0.717) is 5.38 Å². The molecule has 0 bridgehead atoms. The number of halogens is 1. The second-order valence-corrected chi connectivity index (χ2v) is 7.02. The van der Waals surface area contributed by atoms with E-state index in [4.69, 9.17) is 16.3 Å². The molecule has 1 heterocycles. The SMILES string of the molecule is ClC1CCCCC1C1CCOC2(CCCC2)C1. The third-order valence-electron chi connectivity index (χ3n) is 5.38. The van der Waals surface area contributed by atoms with Crippen LogP contribution in [0, 0.1) is 11.8 Å². The quantitative estimate of drug-likeness (QED) is 0.627. The molecular weight excluding hydrogens is 232 g/mol. The summed E-state index contributed by atoms with van der Waals surface area (Å²) in [4.78, 5) is 0. The van der Waals surface area contributed by atoms with Gasteiger partial charge < -0.3 is 4.74 Å². The van der Waals surface area contributed by atoms with E-state index in [0.717, 1.165) is 18.4 Å². The number of rotatable bonds is 1. The monoisotopic (exact) mass is 256 g/mol. The highest BCUT2D eigenvalue weighted by Crippen LogP contribution is 2.47. The summed E-state index contributed by atoms with van der Waals surface area (Å²) in [5, 5.41) is 0.449. The van der Waals surface area contributed by atoms with E-state index in [1.807, 2.05) is 0 Å². The predicted octanol–water partition coefficient (Wildman–Crippen LogP) is 4.52. The Bertz CT molecular complexity index is 260. The molecule has 0 N–H and O–H groups in total. The first kappa shape index (κ1) is 12.3. The van der Waals surface area contributed by atoms with Crippen molar-refractivity contribution in [2.75, 3.05) is 6.61 Å². The van der Waals surface area contributed by atoms with E-state index >= 15 is 0 Å². The minimum absolute atomic E-state index is 0.275. The van der Waals surface area contributed by atoms with Crippen LogP contribution in [0.1, 0.15) is 64.2 Å². The molecule has 2 heteroatoms. The maximum absolute atomic E-state index is 6.57. The molecule has 3 fully saturated rings. The van der Waals surface area contributed by atoms with Crippen LogP contribution in [0.2, 0.25) is 0 Å². The zero-order valence-corrected chi connectivity index (χ0v) is 11.6. The first-order valence-corrected chi connectivity index (χ1v) is 8.01. The number of hydrogen-bond donors (Lipinski definition) is 0. The molecule has 1 spiro atoms. The molecule has 0 radical (unpaired) electrons. The first-order valence-electron chi connectivity index (χ1n) is 7.57. The molecule has 2 saturated carbocycles. The summed E-state index contributed by atoms with van der Waals surface area (Å²) in [6, 6.07) is 0. The molecule has 3 atom stereocenters. The lowest BCUT2D eigenvalue weighted by atomic mass is 9.72. The summed E-state index contributed by atoms with van der Waals surface area (Å²) < 4.78 is 6.14. The number of hydrogen-bond acceptors (Lipinski definition) is 1. The van der Waals surface area contributed by atoms with Crippen molar-refractivity contribution in [1.29, 1.82) is 0 Å². The summed E-state index contributed by atoms with van der Waals surface area (Å²) in [7, 11) is 0. The molecular formula is C15H25ClO. The van der Waals surface area contributed by atoms with Gasteiger partial charge in [-0.1, -0.05) is 25.7 Å². The Morgan fingerprint density at radius 2 is 1.71 bits per heavy atom. The minimum atomic E-state index is 0.275. The van der Waals surface area contributed by atoms with Gasteiger partial charge in [0.2, 0.25) is 0 Å². The van der Waals surface area contributed by atoms with E-state index in [1.165, 1.54) is 64.2 Å². The molecule has 98 valence electrons. The van der Waals surface area contributed by atoms with E-state index in [2.05, 4.69) is 0 Å². The Labute approximate surface area is 110 Å². The zero-order chi connectivity index (χ0) is 11.7. The summed E-state index contributed by atoms with van der Waals surface area (Å²) in [6.07, 6.45) is 13.3. The fourth-order valence-corrected chi connectivity index (χ4v) is 4.93. The van der Waals surface area contributed by atoms with Gasteiger partial charge in [0.05, 0.1) is 5.60 Å². The molecule has 1 saturated heterocycles. The topological polar surface area (TPSA) is 9.23 Å². The maximum atomic E-state index is 6.57. The maximum Gasteiger partial charge on any atom is 0.0685 e. The van der Waals surface area contributed by atoms with Crippen LogP contribution in [-0.4, -0.2) is 17.6 Å². The van der Waals surface area contributed by atoms with Crippen molar-refractivity contribution in [3.8, 4) is 0 Å². The third-order valence-corrected chi connectivity index (χ3v) is 5.93. The lowest BCUT2D eigenvalue weighted by Crippen LogP contribution is -2.42. The predicted molar refractivity (Wildman–Crippen MR) is 71.5 cm³/mol. The van der Waals surface area contributed by atoms with Gasteiger partial charge in [-0.3, -0.25) is 0 Å². The van der Waals surface area contributed by atoms with Crippen LogP contribution in [0.15, 0.2) is 0 Å². The summed E-state index contributed by atoms with van der Waals surface area (Å²) in [5.74, 6) is 1.64. The average Bonchev–Trinajstić information content (AvgIpc) is 2.78. The highest BCUT2D eigenvalue weighted by molar-refractivity contribution is 6.20. The average molecular weight is 257 g/mol. The molecule has 1 nitrogen and oxygen atoms in total. The van der Waals surface area contributed by atoms with Crippen molar-refractivity contribution in [2.45, 2.75) is 75.2 Å². The Kier molecular flexibility index (Phi) is 3.68. The van der Waals surface area contributed by atoms with Crippen molar-refractivity contribution >= 4 is 11.6 Å². The van der Waals surface area contributed by atoms with Crippen LogP contribution in [0.3, 0.4) is 0 Å². The van der Waals surface area contributed by atoms with E-state index in [-0.39, 0.29) is 5.60 Å². The van der Waals surface area contributed by atoms with Crippen LogP contribution in [0.4, 0.5) is 0 Å². The highest BCUT2D eigenvalue weighted by Gasteiger charge is 2.43. The van der Waals surface area contributed by atoms with Gasteiger partial charge >= 0.3 is 0 Å². The molecule has 3 rings (SSSR count). The zero-order valence-electron chi connectivity index (χ0n) is 10.8. The Balaban J connectivity index is 1.66. The van der Waals surface area contributed by atoms with Crippen LogP contribution in [-0.2, 0) is 4.74 Å². The smallest absolute Gasteiger partial charge is 0.0685 e. The van der Waals surface area contributed by atoms with Gasteiger partial charge in [-0.05, 0) is 50.4 Å². The molecule has 17 heavy (non-hydrogen) atoms. The van der Waals surface area contributed by atoms with Crippen LogP contribution < -0.4 is 0 Å². The molecule has 3 aliphatic rings. The molecule has 0 amide bonds. The van der Waals surface area contributed by atoms with Crippen LogP contribution in [0.25, 0.3) is 0 Å². The summed E-state index contributed by atoms with van der Waals surface area (Å²) >= 11 is 6.57. The highest BCUT2D eigenvalue weighted by atomic mass is 35.5. The largest absolute Gasteiger partial charge is 0.375 e. The first-order chi connectivity index (χ1) is 8.29. The van der Waals surface area contributed by atoms with Crippen molar-refractivity contribution in [1.82, 2.24) is 0 Å². The van der Waals surface area contributed by atoms with Gasteiger partial charge in [0, 0.05) is 12.0 Å². The third kappa shape index (κ3) is 2.51. The fraction of sp³-hybridized carbons (Fsp3) is 1.00. The van der Waals surface area contributed by atoms with Gasteiger partial charge in [-0.2, -0.15) is 0 Å². The van der Waals surface area contributed by atoms with Gasteiger partial charge in [-0.25, -0.2) is 0 Å². The van der Waals surface area contributed by atoms with E-state index in [1.54, 1.807) is 0 Å². The van der Waals surface area contributed by atoms with Gasteiger partial charge in [0.25, 0.3) is 0 Å². The van der Waals surface area contributed by atoms with Crippen molar-refractivity contribution in [3.05, 3.63) is 0 Å². The lowest BCUT2D eigenvalue weighted by Gasteiger charge is -2.43. The molecule has 3 unspecified atom stereocenters. The molecule has 1 aliphatic heterocycles. The normalized spacial score (nSPS) is 41.8. The lowest BCUT2D eigenvalue weighted by molar-refractivity contribution is -0.103. The summed E-state index contributed by atoms with van der Waals surface area (Å²) in [5.41, 5.74) is 0.275. The Morgan fingerprint density at radius 3 is 2.47 bits per heavy atom. The van der Waals surface area contributed by atoms with E-state index < -0.39 is 0 Å². The van der Waals surface area contributed by atoms with Gasteiger partial charge in [-0.15, -0.1) is 11.6 Å². The summed E-state index contributed by atoms with van der Waals surface area (Å²) in [6.45, 7) is 0.991. The molecule has 0 aromatic carbocycles. The molecule has 0 aromatic heterocycles. The Morgan fingerprint density at radius 1 is 0.941 bits per heavy atom. The standard InChI is InChI=1S/C15H25ClO/c16-14-6-2-1-5-13(14)12-7-10-17-15(11-12)8-3-4-9-15/h12-14H,1-11H2. The second kappa shape index (κ2) is 5.09. The van der Waals surface area contributed by atoms with Gasteiger partial charge in [0.1, 0.15) is 0 Å². The molecule has 0 aromatic rings. The van der Waals surface area contributed by atoms with Crippen molar-refractivity contribution in [3.63, 3.8) is 0 Å². The Hall–Kier alpha value is 0.250. The van der Waals surface area contributed by atoms with Crippen molar-refractivity contribution in [2.24, 2.45) is 11.8 Å². The fourth-order valence-electron chi connectivity index (χ4n) is 4.44.